The third-order valence-corrected chi connectivity index (χ3v) is 5.82. The molecular weight excluding hydrogens is 274 g/mol. The Labute approximate surface area is 120 Å². The van der Waals surface area contributed by atoms with E-state index in [0.29, 0.717) is 6.54 Å². The highest BCUT2D eigenvalue weighted by molar-refractivity contribution is 8.32. The molecule has 1 aromatic heterocycles. The third kappa shape index (κ3) is 3.51. The van der Waals surface area contributed by atoms with Crippen LogP contribution in [0.4, 0.5) is 0 Å². The maximum atomic E-state index is 10.9. The third-order valence-electron chi connectivity index (χ3n) is 3.05. The normalized spacial score (nSPS) is 12.6. The minimum Gasteiger partial charge on any atom is -0.356 e. The van der Waals surface area contributed by atoms with Gasteiger partial charge in [-0.1, -0.05) is 6.07 Å². The zero-order chi connectivity index (χ0) is 14.0. The number of hydrogen-bond acceptors (Lipinski definition) is 2. The Balaban J connectivity index is 2.26. The number of carbonyl (C=O) groups is 1. The van der Waals surface area contributed by atoms with Gasteiger partial charge in [-0.05, 0) is 42.9 Å². The molecule has 0 aliphatic carbocycles. The molecule has 0 fully saturated rings. The summed E-state index contributed by atoms with van der Waals surface area (Å²) in [4.78, 5) is 12.4. The average Bonchev–Trinajstić information content (AvgIpc) is 2.71. The number of nitrogens with one attached hydrogen (secondary N) is 1. The first-order valence-electron chi connectivity index (χ1n) is 6.31. The number of rotatable bonds is 4. The smallest absolute Gasteiger partial charge is 0.216 e. The van der Waals surface area contributed by atoms with Crippen molar-refractivity contribution < 1.29 is 4.79 Å². The standard InChI is InChI=1S/C15H21NOS2/c1-11(17)16-8-7-12-5-6-14-13(9-12)15(10-18-14)19(2,3)4/h5-6,9-10H,7-8H2,1-4H3,(H,16,17). The number of amides is 1. The molecule has 1 heterocycles. The van der Waals surface area contributed by atoms with Gasteiger partial charge >= 0.3 is 0 Å². The van der Waals surface area contributed by atoms with E-state index in [1.165, 1.54) is 20.5 Å². The predicted octanol–water partition coefficient (Wildman–Crippen LogP) is 3.63. The highest BCUT2D eigenvalue weighted by Crippen LogP contribution is 2.50. The quantitative estimate of drug-likeness (QED) is 0.917. The molecule has 0 atom stereocenters. The number of carbonyl (C=O) groups excluding carboxylic acids is 1. The molecule has 2 aromatic rings. The van der Waals surface area contributed by atoms with E-state index in [2.05, 4.69) is 47.7 Å². The molecular formula is C15H21NOS2. The van der Waals surface area contributed by atoms with Gasteiger partial charge in [-0.15, -0.1) is 11.3 Å². The van der Waals surface area contributed by atoms with Crippen molar-refractivity contribution in [2.45, 2.75) is 18.2 Å². The van der Waals surface area contributed by atoms with Crippen LogP contribution in [0.25, 0.3) is 10.1 Å². The lowest BCUT2D eigenvalue weighted by molar-refractivity contribution is -0.118. The Bertz CT molecular complexity index is 596. The van der Waals surface area contributed by atoms with Crippen LogP contribution in [-0.2, 0) is 11.2 Å². The lowest BCUT2D eigenvalue weighted by Gasteiger charge is -2.24. The molecule has 2 nitrogen and oxygen atoms in total. The first kappa shape index (κ1) is 14.4. The maximum Gasteiger partial charge on any atom is 0.216 e. The maximum absolute atomic E-state index is 10.9. The SMILES string of the molecule is CC(=O)NCCc1ccc2scc(S(C)(C)C)c2c1. The minimum absolute atomic E-state index is 0.0384. The molecule has 0 aliphatic rings. The van der Waals surface area contributed by atoms with Gasteiger partial charge in [0, 0.05) is 33.8 Å². The topological polar surface area (TPSA) is 29.1 Å². The second-order valence-electron chi connectivity index (χ2n) is 5.50. The van der Waals surface area contributed by atoms with Crippen molar-refractivity contribution in [2.24, 2.45) is 0 Å². The Hall–Kier alpha value is -1.00. The first-order valence-corrected chi connectivity index (χ1v) is 10.0. The van der Waals surface area contributed by atoms with E-state index < -0.39 is 10.0 Å². The van der Waals surface area contributed by atoms with Crippen LogP contribution in [0.3, 0.4) is 0 Å². The molecule has 0 radical (unpaired) electrons. The number of benzene rings is 1. The predicted molar refractivity (Wildman–Crippen MR) is 87.8 cm³/mol. The van der Waals surface area contributed by atoms with Crippen molar-refractivity contribution in [1.82, 2.24) is 5.32 Å². The molecule has 1 N–H and O–H groups in total. The van der Waals surface area contributed by atoms with Crippen molar-refractivity contribution >= 4 is 37.4 Å². The molecule has 1 amide bonds. The Morgan fingerprint density at radius 2 is 2.05 bits per heavy atom. The number of fused-ring (bicyclic) bond motifs is 1. The van der Waals surface area contributed by atoms with E-state index in [0.717, 1.165) is 6.42 Å². The molecule has 2 rings (SSSR count). The van der Waals surface area contributed by atoms with E-state index in [-0.39, 0.29) is 5.91 Å². The van der Waals surface area contributed by atoms with Crippen LogP contribution in [0.15, 0.2) is 28.5 Å². The zero-order valence-electron chi connectivity index (χ0n) is 11.9. The van der Waals surface area contributed by atoms with Crippen LogP contribution in [0, 0.1) is 0 Å². The summed E-state index contributed by atoms with van der Waals surface area (Å²) in [6.07, 6.45) is 7.89. The van der Waals surface area contributed by atoms with Crippen LogP contribution in [0.5, 0.6) is 0 Å². The second-order valence-corrected chi connectivity index (χ2v) is 10.5. The molecule has 0 spiro atoms. The highest BCUT2D eigenvalue weighted by atomic mass is 32.3. The van der Waals surface area contributed by atoms with Gasteiger partial charge < -0.3 is 5.32 Å². The lowest BCUT2D eigenvalue weighted by atomic mass is 10.1. The molecule has 0 saturated heterocycles. The van der Waals surface area contributed by atoms with Crippen molar-refractivity contribution in [3.63, 3.8) is 0 Å². The van der Waals surface area contributed by atoms with E-state index in [4.69, 9.17) is 0 Å². The summed E-state index contributed by atoms with van der Waals surface area (Å²) in [5, 5.41) is 6.55. The Kier molecular flexibility index (Phi) is 4.21. The highest BCUT2D eigenvalue weighted by Gasteiger charge is 2.14. The molecule has 0 saturated carbocycles. The van der Waals surface area contributed by atoms with Gasteiger partial charge in [0.15, 0.2) is 0 Å². The summed E-state index contributed by atoms with van der Waals surface area (Å²) in [7, 11) is -0.696. The van der Waals surface area contributed by atoms with Crippen LogP contribution in [-0.4, -0.2) is 31.2 Å². The van der Waals surface area contributed by atoms with Crippen molar-refractivity contribution in [3.05, 3.63) is 29.1 Å². The van der Waals surface area contributed by atoms with Crippen molar-refractivity contribution in [2.75, 3.05) is 25.3 Å². The monoisotopic (exact) mass is 295 g/mol. The van der Waals surface area contributed by atoms with E-state index in [9.17, 15) is 4.79 Å². The van der Waals surface area contributed by atoms with Crippen LogP contribution >= 0.6 is 21.4 Å². The van der Waals surface area contributed by atoms with Crippen molar-refractivity contribution in [1.29, 1.82) is 0 Å². The van der Waals surface area contributed by atoms with Gasteiger partial charge in [-0.2, -0.15) is 0 Å². The van der Waals surface area contributed by atoms with Gasteiger partial charge in [-0.3, -0.25) is 4.79 Å². The molecule has 0 unspecified atom stereocenters. The summed E-state index contributed by atoms with van der Waals surface area (Å²) < 4.78 is 1.36. The van der Waals surface area contributed by atoms with Gasteiger partial charge in [0.05, 0.1) is 0 Å². The lowest BCUT2D eigenvalue weighted by Crippen LogP contribution is -2.22. The molecule has 4 heteroatoms. The van der Waals surface area contributed by atoms with E-state index in [1.807, 2.05) is 11.3 Å². The van der Waals surface area contributed by atoms with Crippen LogP contribution in [0.1, 0.15) is 12.5 Å². The second kappa shape index (κ2) is 5.55. The molecule has 0 bridgehead atoms. The summed E-state index contributed by atoms with van der Waals surface area (Å²) in [6, 6.07) is 6.67. The fraction of sp³-hybridized carbons (Fsp3) is 0.400. The summed E-state index contributed by atoms with van der Waals surface area (Å²) in [5.74, 6) is 0.0384. The largest absolute Gasteiger partial charge is 0.356 e. The van der Waals surface area contributed by atoms with Gasteiger partial charge in [-0.25, -0.2) is 10.0 Å². The summed E-state index contributed by atoms with van der Waals surface area (Å²) >= 11 is 1.83. The van der Waals surface area contributed by atoms with Crippen LogP contribution in [0.2, 0.25) is 0 Å². The number of hydrogen-bond donors (Lipinski definition) is 1. The van der Waals surface area contributed by atoms with Crippen molar-refractivity contribution in [3.8, 4) is 0 Å². The average molecular weight is 295 g/mol. The molecule has 19 heavy (non-hydrogen) atoms. The molecule has 104 valence electrons. The van der Waals surface area contributed by atoms with Gasteiger partial charge in [0.25, 0.3) is 0 Å². The zero-order valence-corrected chi connectivity index (χ0v) is 13.6. The van der Waals surface area contributed by atoms with Gasteiger partial charge in [0.2, 0.25) is 5.91 Å². The first-order chi connectivity index (χ1) is 8.88. The fourth-order valence-electron chi connectivity index (χ4n) is 2.07. The molecule has 0 aliphatic heterocycles. The molecule has 1 aromatic carbocycles. The van der Waals surface area contributed by atoms with Gasteiger partial charge in [0.1, 0.15) is 0 Å². The van der Waals surface area contributed by atoms with Crippen LogP contribution < -0.4 is 5.32 Å². The Morgan fingerprint density at radius 3 is 2.68 bits per heavy atom. The summed E-state index contributed by atoms with van der Waals surface area (Å²) in [6.45, 7) is 2.27. The summed E-state index contributed by atoms with van der Waals surface area (Å²) in [5.41, 5.74) is 1.30. The van der Waals surface area contributed by atoms with E-state index in [1.54, 1.807) is 6.92 Å². The fourth-order valence-corrected chi connectivity index (χ4v) is 5.06. The van der Waals surface area contributed by atoms with E-state index >= 15 is 0 Å². The minimum atomic E-state index is -0.696. The Morgan fingerprint density at radius 1 is 1.32 bits per heavy atom. The number of thiophene rings is 1.